The quantitative estimate of drug-likeness (QED) is 0.500. The van der Waals surface area contributed by atoms with Gasteiger partial charge in [0, 0.05) is 25.5 Å². The van der Waals surface area contributed by atoms with Gasteiger partial charge in [-0.25, -0.2) is 9.67 Å². The monoisotopic (exact) mass is 363 g/mol. The zero-order valence-corrected chi connectivity index (χ0v) is 15.7. The molecule has 3 rings (SSSR count). The molecule has 3 aromatic rings. The van der Waals surface area contributed by atoms with E-state index in [4.69, 9.17) is 9.73 Å². The van der Waals surface area contributed by atoms with Crippen LogP contribution in [-0.2, 0) is 13.1 Å². The number of nitrogens with one attached hydrogen (secondary N) is 2. The SMILES string of the molecule is CCNC(=NCc1cccc(-n2cccn2)c1)NCc1ccc(OC)cc1. The number of nitrogens with zero attached hydrogens (tertiary/aromatic N) is 3. The van der Waals surface area contributed by atoms with Gasteiger partial charge in [0.2, 0.25) is 0 Å². The minimum atomic E-state index is 0.590. The molecule has 0 radical (unpaired) electrons. The molecule has 0 unspecified atom stereocenters. The highest BCUT2D eigenvalue weighted by molar-refractivity contribution is 5.79. The Morgan fingerprint density at radius 2 is 1.93 bits per heavy atom. The predicted octanol–water partition coefficient (Wildman–Crippen LogP) is 3.14. The fourth-order valence-corrected chi connectivity index (χ4v) is 2.66. The second-order valence-electron chi connectivity index (χ2n) is 6.02. The zero-order valence-electron chi connectivity index (χ0n) is 15.7. The summed E-state index contributed by atoms with van der Waals surface area (Å²) in [6.07, 6.45) is 3.71. The average molecular weight is 363 g/mol. The molecule has 0 amide bonds. The summed E-state index contributed by atoms with van der Waals surface area (Å²) in [5.74, 6) is 1.65. The Labute approximate surface area is 159 Å². The second-order valence-corrected chi connectivity index (χ2v) is 6.02. The molecule has 0 aliphatic carbocycles. The van der Waals surface area contributed by atoms with Crippen LogP contribution in [0.4, 0.5) is 0 Å². The molecule has 0 aliphatic heterocycles. The van der Waals surface area contributed by atoms with E-state index in [1.54, 1.807) is 13.3 Å². The third-order valence-electron chi connectivity index (χ3n) is 4.06. The number of methoxy groups -OCH3 is 1. The van der Waals surface area contributed by atoms with E-state index in [9.17, 15) is 0 Å². The van der Waals surface area contributed by atoms with E-state index >= 15 is 0 Å². The van der Waals surface area contributed by atoms with Crippen molar-refractivity contribution in [2.45, 2.75) is 20.0 Å². The lowest BCUT2D eigenvalue weighted by molar-refractivity contribution is 0.414. The molecule has 0 aliphatic rings. The van der Waals surface area contributed by atoms with Crippen molar-refractivity contribution in [3.05, 3.63) is 78.1 Å². The molecule has 6 nitrogen and oxygen atoms in total. The standard InChI is InChI=1S/C21H25N5O/c1-3-22-21(23-15-17-8-10-20(27-2)11-9-17)24-16-18-6-4-7-19(14-18)26-13-5-12-25-26/h4-14H,3,15-16H2,1-2H3,(H2,22,23,24). The molecule has 2 N–H and O–H groups in total. The van der Waals surface area contributed by atoms with Crippen molar-refractivity contribution in [2.24, 2.45) is 4.99 Å². The van der Waals surface area contributed by atoms with Crippen LogP contribution in [0.2, 0.25) is 0 Å². The van der Waals surface area contributed by atoms with Crippen LogP contribution in [0.15, 0.2) is 72.0 Å². The Morgan fingerprint density at radius 1 is 1.07 bits per heavy atom. The Hall–Kier alpha value is -3.28. The third kappa shape index (κ3) is 5.34. The van der Waals surface area contributed by atoms with Gasteiger partial charge in [0.1, 0.15) is 5.75 Å². The summed E-state index contributed by atoms with van der Waals surface area (Å²) >= 11 is 0. The van der Waals surface area contributed by atoms with E-state index in [0.717, 1.165) is 29.5 Å². The molecule has 0 atom stereocenters. The van der Waals surface area contributed by atoms with E-state index in [1.807, 2.05) is 53.3 Å². The number of ether oxygens (including phenoxy) is 1. The van der Waals surface area contributed by atoms with E-state index in [2.05, 4.69) is 34.8 Å². The number of guanidine groups is 1. The number of rotatable bonds is 7. The minimum absolute atomic E-state index is 0.590. The molecule has 0 saturated heterocycles. The smallest absolute Gasteiger partial charge is 0.191 e. The van der Waals surface area contributed by atoms with Gasteiger partial charge in [-0.15, -0.1) is 0 Å². The summed E-state index contributed by atoms with van der Waals surface area (Å²) in [6.45, 7) is 4.15. The molecular weight excluding hydrogens is 338 g/mol. The summed E-state index contributed by atoms with van der Waals surface area (Å²) in [5, 5.41) is 10.9. The van der Waals surface area contributed by atoms with Crippen LogP contribution in [0.3, 0.4) is 0 Å². The molecule has 0 fully saturated rings. The summed E-state index contributed by atoms with van der Waals surface area (Å²) in [4.78, 5) is 4.70. The van der Waals surface area contributed by atoms with Gasteiger partial charge in [-0.3, -0.25) is 0 Å². The largest absolute Gasteiger partial charge is 0.497 e. The lowest BCUT2D eigenvalue weighted by Gasteiger charge is -2.12. The molecule has 2 aromatic carbocycles. The zero-order chi connectivity index (χ0) is 18.9. The Morgan fingerprint density at radius 3 is 2.63 bits per heavy atom. The van der Waals surface area contributed by atoms with Crippen molar-refractivity contribution in [1.29, 1.82) is 0 Å². The predicted molar refractivity (Wildman–Crippen MR) is 108 cm³/mol. The first kappa shape index (κ1) is 18.5. The second kappa shape index (κ2) is 9.43. The fourth-order valence-electron chi connectivity index (χ4n) is 2.66. The molecule has 0 saturated carbocycles. The van der Waals surface area contributed by atoms with Crippen LogP contribution in [0.5, 0.6) is 5.75 Å². The highest BCUT2D eigenvalue weighted by Crippen LogP contribution is 2.12. The van der Waals surface area contributed by atoms with E-state index in [1.165, 1.54) is 5.56 Å². The average Bonchev–Trinajstić information content (AvgIpc) is 3.26. The number of hydrogen-bond donors (Lipinski definition) is 2. The number of aliphatic imine (C=N–C) groups is 1. The first-order valence-corrected chi connectivity index (χ1v) is 9.02. The van der Waals surface area contributed by atoms with Crippen molar-refractivity contribution in [3.63, 3.8) is 0 Å². The minimum Gasteiger partial charge on any atom is -0.497 e. The highest BCUT2D eigenvalue weighted by Gasteiger charge is 2.01. The number of hydrogen-bond acceptors (Lipinski definition) is 3. The van der Waals surface area contributed by atoms with Gasteiger partial charge >= 0.3 is 0 Å². The highest BCUT2D eigenvalue weighted by atomic mass is 16.5. The maximum Gasteiger partial charge on any atom is 0.191 e. The molecule has 140 valence electrons. The van der Waals surface area contributed by atoms with Crippen LogP contribution in [0.25, 0.3) is 5.69 Å². The van der Waals surface area contributed by atoms with Crippen LogP contribution in [-0.4, -0.2) is 29.4 Å². The van der Waals surface area contributed by atoms with E-state index in [-0.39, 0.29) is 0 Å². The van der Waals surface area contributed by atoms with Crippen molar-refractivity contribution < 1.29 is 4.74 Å². The van der Waals surface area contributed by atoms with Crippen molar-refractivity contribution in [2.75, 3.05) is 13.7 Å². The number of benzene rings is 2. The fraction of sp³-hybridized carbons (Fsp3) is 0.238. The van der Waals surface area contributed by atoms with Crippen molar-refractivity contribution in [1.82, 2.24) is 20.4 Å². The number of aromatic nitrogens is 2. The van der Waals surface area contributed by atoms with Crippen molar-refractivity contribution in [3.8, 4) is 11.4 Å². The molecule has 1 heterocycles. The lowest BCUT2D eigenvalue weighted by Crippen LogP contribution is -2.36. The van der Waals surface area contributed by atoms with Gasteiger partial charge in [-0.05, 0) is 48.4 Å². The van der Waals surface area contributed by atoms with Gasteiger partial charge in [0.25, 0.3) is 0 Å². The van der Waals surface area contributed by atoms with Gasteiger partial charge in [-0.1, -0.05) is 24.3 Å². The maximum absolute atomic E-state index is 5.19. The first-order chi connectivity index (χ1) is 13.3. The molecule has 0 spiro atoms. The van der Waals surface area contributed by atoms with E-state index < -0.39 is 0 Å². The van der Waals surface area contributed by atoms with Crippen LogP contribution < -0.4 is 15.4 Å². The summed E-state index contributed by atoms with van der Waals surface area (Å²) in [7, 11) is 1.67. The van der Waals surface area contributed by atoms with Gasteiger partial charge in [0.05, 0.1) is 19.3 Å². The normalized spacial score (nSPS) is 11.3. The Balaban J connectivity index is 1.63. The topological polar surface area (TPSA) is 63.5 Å². The molecule has 27 heavy (non-hydrogen) atoms. The summed E-state index contributed by atoms with van der Waals surface area (Å²) in [6, 6.07) is 18.2. The van der Waals surface area contributed by atoms with Crippen LogP contribution in [0, 0.1) is 0 Å². The van der Waals surface area contributed by atoms with Gasteiger partial charge < -0.3 is 15.4 Å². The van der Waals surface area contributed by atoms with Crippen LogP contribution in [0.1, 0.15) is 18.1 Å². The van der Waals surface area contributed by atoms with E-state index in [0.29, 0.717) is 13.1 Å². The summed E-state index contributed by atoms with van der Waals surface area (Å²) in [5.41, 5.74) is 3.33. The molecular formula is C21H25N5O. The van der Waals surface area contributed by atoms with Crippen molar-refractivity contribution >= 4 is 5.96 Å². The first-order valence-electron chi connectivity index (χ1n) is 9.02. The van der Waals surface area contributed by atoms with Gasteiger partial charge in [-0.2, -0.15) is 5.10 Å². The molecule has 0 bridgehead atoms. The maximum atomic E-state index is 5.19. The lowest BCUT2D eigenvalue weighted by atomic mass is 10.2. The Kier molecular flexibility index (Phi) is 6.46. The molecule has 1 aromatic heterocycles. The Bertz CT molecular complexity index is 857. The van der Waals surface area contributed by atoms with Crippen LogP contribution >= 0.6 is 0 Å². The summed E-state index contributed by atoms with van der Waals surface area (Å²) < 4.78 is 7.04. The van der Waals surface area contributed by atoms with Gasteiger partial charge in [0.15, 0.2) is 5.96 Å². The molecule has 6 heteroatoms. The third-order valence-corrected chi connectivity index (χ3v) is 4.06.